The molecular formula is C24H26N6OS. The number of amides is 1. The van der Waals surface area contributed by atoms with Crippen LogP contribution in [-0.4, -0.2) is 42.6 Å². The van der Waals surface area contributed by atoms with Crippen LogP contribution in [0.5, 0.6) is 0 Å². The fourth-order valence-corrected chi connectivity index (χ4v) is 5.81. The summed E-state index contributed by atoms with van der Waals surface area (Å²) >= 11 is 1.32. The van der Waals surface area contributed by atoms with Gasteiger partial charge in [0, 0.05) is 42.8 Å². The quantitative estimate of drug-likeness (QED) is 0.556. The standard InChI is InChI=1S/C24H26N6OS/c1-14-2-6-19-21(26)22(32-24(19)28-14)23(31)27-9-8-15-3-7-20(16(10-15)11-25)30-12-17-4-5-18(13-30)29-17/h2-3,6-7,10,17-18,29H,4-5,8-9,12-13,26H2,1H3,(H,27,31). The van der Waals surface area contributed by atoms with E-state index in [9.17, 15) is 10.1 Å². The highest BCUT2D eigenvalue weighted by Crippen LogP contribution is 2.32. The third-order valence-electron chi connectivity index (χ3n) is 6.38. The minimum atomic E-state index is -0.184. The smallest absolute Gasteiger partial charge is 0.263 e. The fraction of sp³-hybridized carbons (Fsp3) is 0.375. The maximum atomic E-state index is 12.7. The molecule has 2 saturated heterocycles. The van der Waals surface area contributed by atoms with Gasteiger partial charge in [-0.15, -0.1) is 11.3 Å². The molecular weight excluding hydrogens is 420 g/mol. The molecule has 5 rings (SSSR count). The normalized spacial score (nSPS) is 19.8. The molecule has 2 fully saturated rings. The lowest BCUT2D eigenvalue weighted by atomic mass is 10.0. The van der Waals surface area contributed by atoms with Crippen LogP contribution in [0.15, 0.2) is 30.3 Å². The number of piperazine rings is 1. The number of nitrogens with zero attached hydrogens (tertiary/aromatic N) is 3. The van der Waals surface area contributed by atoms with Crippen molar-refractivity contribution in [3.05, 3.63) is 52.0 Å². The molecule has 7 nitrogen and oxygen atoms in total. The number of nitrogen functional groups attached to an aromatic ring is 1. The average molecular weight is 447 g/mol. The summed E-state index contributed by atoms with van der Waals surface area (Å²) in [5, 5.41) is 17.1. The van der Waals surface area contributed by atoms with Crippen LogP contribution < -0.4 is 21.3 Å². The minimum Gasteiger partial charge on any atom is -0.397 e. The molecule has 2 aliphatic heterocycles. The first-order chi connectivity index (χ1) is 15.5. The number of pyridine rings is 1. The van der Waals surface area contributed by atoms with Crippen LogP contribution in [0.1, 0.15) is 39.3 Å². The van der Waals surface area contributed by atoms with E-state index in [-0.39, 0.29) is 5.91 Å². The highest BCUT2D eigenvalue weighted by atomic mass is 32.1. The SMILES string of the molecule is Cc1ccc2c(N)c(C(=O)NCCc3ccc(N4CC5CCC(C4)N5)c(C#N)c3)sc2n1. The van der Waals surface area contributed by atoms with Crippen LogP contribution in [0.2, 0.25) is 0 Å². The van der Waals surface area contributed by atoms with E-state index in [0.29, 0.717) is 41.2 Å². The first-order valence-electron chi connectivity index (χ1n) is 11.0. The second-order valence-corrected chi connectivity index (χ2v) is 9.66. The number of rotatable bonds is 5. The van der Waals surface area contributed by atoms with E-state index in [0.717, 1.165) is 40.3 Å². The van der Waals surface area contributed by atoms with E-state index in [4.69, 9.17) is 5.73 Å². The van der Waals surface area contributed by atoms with Gasteiger partial charge in [-0.1, -0.05) is 6.07 Å². The van der Waals surface area contributed by atoms with Crippen LogP contribution in [0.25, 0.3) is 10.2 Å². The van der Waals surface area contributed by atoms with Gasteiger partial charge in [-0.25, -0.2) is 4.98 Å². The van der Waals surface area contributed by atoms with Gasteiger partial charge in [0.15, 0.2) is 0 Å². The Morgan fingerprint density at radius 1 is 1.31 bits per heavy atom. The summed E-state index contributed by atoms with van der Waals surface area (Å²) in [7, 11) is 0. The number of carbonyl (C=O) groups excluding carboxylic acids is 1. The van der Waals surface area contributed by atoms with Crippen molar-refractivity contribution < 1.29 is 4.79 Å². The number of carbonyl (C=O) groups is 1. The molecule has 1 amide bonds. The Balaban J connectivity index is 1.24. The zero-order valence-corrected chi connectivity index (χ0v) is 18.8. The van der Waals surface area contributed by atoms with E-state index in [1.54, 1.807) is 0 Å². The summed E-state index contributed by atoms with van der Waals surface area (Å²) in [4.78, 5) is 20.8. The Bertz CT molecular complexity index is 1220. The van der Waals surface area contributed by atoms with Gasteiger partial charge in [0.25, 0.3) is 5.91 Å². The van der Waals surface area contributed by atoms with Gasteiger partial charge in [-0.3, -0.25) is 4.79 Å². The van der Waals surface area contributed by atoms with Crippen molar-refractivity contribution in [1.29, 1.82) is 5.26 Å². The van der Waals surface area contributed by atoms with Crippen LogP contribution in [-0.2, 0) is 6.42 Å². The Morgan fingerprint density at radius 3 is 2.84 bits per heavy atom. The zero-order valence-electron chi connectivity index (χ0n) is 18.0. The maximum absolute atomic E-state index is 12.7. The van der Waals surface area contributed by atoms with Crippen molar-refractivity contribution >= 4 is 38.8 Å². The largest absolute Gasteiger partial charge is 0.397 e. The molecule has 4 heterocycles. The fourth-order valence-electron chi connectivity index (χ4n) is 4.76. The summed E-state index contributed by atoms with van der Waals surface area (Å²) in [6.45, 7) is 4.29. The minimum absolute atomic E-state index is 0.184. The summed E-state index contributed by atoms with van der Waals surface area (Å²) in [6, 6.07) is 13.3. The molecule has 2 atom stereocenters. The van der Waals surface area contributed by atoms with Crippen molar-refractivity contribution in [2.24, 2.45) is 0 Å². The summed E-state index contributed by atoms with van der Waals surface area (Å²) < 4.78 is 0. The van der Waals surface area contributed by atoms with E-state index >= 15 is 0 Å². The molecule has 0 saturated carbocycles. The second-order valence-electron chi connectivity index (χ2n) is 8.66. The molecule has 8 heteroatoms. The highest BCUT2D eigenvalue weighted by molar-refractivity contribution is 7.21. The topological polar surface area (TPSA) is 107 Å². The number of aromatic nitrogens is 1. The second kappa shape index (κ2) is 8.41. The molecule has 2 aromatic heterocycles. The van der Waals surface area contributed by atoms with Gasteiger partial charge in [-0.05, 0) is 56.0 Å². The Hall–Kier alpha value is -3.15. The van der Waals surface area contributed by atoms with Crippen molar-refractivity contribution in [3.8, 4) is 6.07 Å². The number of nitriles is 1. The van der Waals surface area contributed by atoms with Crippen molar-refractivity contribution in [1.82, 2.24) is 15.6 Å². The molecule has 2 bridgehead atoms. The lowest BCUT2D eigenvalue weighted by Crippen LogP contribution is -2.51. The highest BCUT2D eigenvalue weighted by Gasteiger charge is 2.32. The number of benzene rings is 1. The first-order valence-corrected chi connectivity index (χ1v) is 11.8. The number of hydrogen-bond acceptors (Lipinski definition) is 7. The van der Waals surface area contributed by atoms with Gasteiger partial charge < -0.3 is 21.3 Å². The number of hydrogen-bond donors (Lipinski definition) is 3. The molecule has 1 aromatic carbocycles. The Labute approximate surface area is 191 Å². The van der Waals surface area contributed by atoms with Crippen LogP contribution in [0.3, 0.4) is 0 Å². The number of aryl methyl sites for hydroxylation is 1. The Kier molecular flexibility index (Phi) is 5.45. The van der Waals surface area contributed by atoms with E-state index in [1.807, 2.05) is 25.1 Å². The first kappa shape index (κ1) is 20.7. The number of nitrogens with one attached hydrogen (secondary N) is 2. The summed E-state index contributed by atoms with van der Waals surface area (Å²) in [6.07, 6.45) is 3.07. The zero-order chi connectivity index (χ0) is 22.2. The number of anilines is 2. The molecule has 32 heavy (non-hydrogen) atoms. The van der Waals surface area contributed by atoms with Gasteiger partial charge in [0.2, 0.25) is 0 Å². The molecule has 164 valence electrons. The third-order valence-corrected chi connectivity index (χ3v) is 7.49. The van der Waals surface area contributed by atoms with Gasteiger partial charge in [0.1, 0.15) is 15.8 Å². The molecule has 2 aliphatic rings. The lowest BCUT2D eigenvalue weighted by Gasteiger charge is -2.35. The monoisotopic (exact) mass is 446 g/mol. The number of nitrogens with two attached hydrogens (primary N) is 1. The molecule has 0 radical (unpaired) electrons. The van der Waals surface area contributed by atoms with Crippen LogP contribution >= 0.6 is 11.3 Å². The van der Waals surface area contributed by atoms with Gasteiger partial charge in [-0.2, -0.15) is 5.26 Å². The van der Waals surface area contributed by atoms with Gasteiger partial charge >= 0.3 is 0 Å². The maximum Gasteiger partial charge on any atom is 0.263 e. The average Bonchev–Trinajstić information content (AvgIpc) is 3.31. The molecule has 3 aromatic rings. The molecule has 4 N–H and O–H groups in total. The van der Waals surface area contributed by atoms with Crippen molar-refractivity contribution in [2.45, 2.75) is 38.3 Å². The molecule has 2 unspecified atom stereocenters. The van der Waals surface area contributed by atoms with Crippen molar-refractivity contribution in [3.63, 3.8) is 0 Å². The van der Waals surface area contributed by atoms with Crippen LogP contribution in [0, 0.1) is 18.3 Å². The van der Waals surface area contributed by atoms with Crippen molar-refractivity contribution in [2.75, 3.05) is 30.3 Å². The number of fused-ring (bicyclic) bond motifs is 3. The van der Waals surface area contributed by atoms with E-state index in [2.05, 4.69) is 38.7 Å². The Morgan fingerprint density at radius 2 is 2.09 bits per heavy atom. The third kappa shape index (κ3) is 3.90. The lowest BCUT2D eigenvalue weighted by molar-refractivity contribution is 0.0959. The van der Waals surface area contributed by atoms with E-state index < -0.39 is 0 Å². The summed E-state index contributed by atoms with van der Waals surface area (Å²) in [5.74, 6) is -0.184. The molecule has 0 aliphatic carbocycles. The predicted molar refractivity (Wildman–Crippen MR) is 128 cm³/mol. The van der Waals surface area contributed by atoms with E-state index in [1.165, 1.54) is 24.2 Å². The van der Waals surface area contributed by atoms with Gasteiger partial charge in [0.05, 0.1) is 16.9 Å². The molecule has 0 spiro atoms. The van der Waals surface area contributed by atoms with Crippen LogP contribution in [0.4, 0.5) is 11.4 Å². The number of thiophene rings is 1. The predicted octanol–water partition coefficient (Wildman–Crippen LogP) is 2.97. The summed E-state index contributed by atoms with van der Waals surface area (Å²) in [5.41, 5.74) is 10.3.